The summed E-state index contributed by atoms with van der Waals surface area (Å²) in [4.78, 5) is 12.9. The van der Waals surface area contributed by atoms with E-state index in [1.807, 2.05) is 0 Å². The Labute approximate surface area is 72.1 Å². The van der Waals surface area contributed by atoms with Gasteiger partial charge in [-0.2, -0.15) is 0 Å². The lowest BCUT2D eigenvalue weighted by molar-refractivity contribution is -0.139. The van der Waals surface area contributed by atoms with Crippen LogP contribution < -0.4 is 0 Å². The first-order chi connectivity index (χ1) is 5.72. The van der Waals surface area contributed by atoms with Crippen LogP contribution in [-0.4, -0.2) is 48.3 Å². The Morgan fingerprint density at radius 2 is 2.25 bits per heavy atom. The van der Waals surface area contributed by atoms with Crippen molar-refractivity contribution in [2.45, 2.75) is 19.4 Å². The third-order valence-corrected chi connectivity index (χ3v) is 1.89. The van der Waals surface area contributed by atoms with E-state index >= 15 is 0 Å². The van der Waals surface area contributed by atoms with E-state index < -0.39 is 6.10 Å². The van der Waals surface area contributed by atoms with Crippen LogP contribution in [0.2, 0.25) is 0 Å². The van der Waals surface area contributed by atoms with Crippen molar-refractivity contribution in [3.05, 3.63) is 0 Å². The number of carbonyl (C=O) groups is 1. The molecule has 1 rings (SSSR count). The van der Waals surface area contributed by atoms with E-state index in [1.165, 1.54) is 6.92 Å². The topological polar surface area (TPSA) is 49.8 Å². The fraction of sp³-hybridized carbons (Fsp3) is 0.875. The maximum absolute atomic E-state index is 11.3. The van der Waals surface area contributed by atoms with Gasteiger partial charge in [0.25, 0.3) is 5.91 Å². The second-order valence-corrected chi connectivity index (χ2v) is 2.97. The number of hydrogen-bond acceptors (Lipinski definition) is 3. The molecule has 4 nitrogen and oxygen atoms in total. The smallest absolute Gasteiger partial charge is 0.251 e. The van der Waals surface area contributed by atoms with Crippen LogP contribution in [-0.2, 0) is 9.53 Å². The fourth-order valence-electron chi connectivity index (χ4n) is 1.23. The predicted molar refractivity (Wildman–Crippen MR) is 43.7 cm³/mol. The number of aliphatic hydroxyl groups excluding tert-OH is 1. The van der Waals surface area contributed by atoms with E-state index in [0.717, 1.165) is 6.42 Å². The van der Waals surface area contributed by atoms with Gasteiger partial charge in [0.1, 0.15) is 6.10 Å². The summed E-state index contributed by atoms with van der Waals surface area (Å²) < 4.78 is 5.18. The third-order valence-electron chi connectivity index (χ3n) is 1.89. The summed E-state index contributed by atoms with van der Waals surface area (Å²) >= 11 is 0. The molecule has 70 valence electrons. The Kier molecular flexibility index (Phi) is 3.49. The number of hydrogen-bond donors (Lipinski definition) is 1. The van der Waals surface area contributed by atoms with Crippen LogP contribution in [0.15, 0.2) is 0 Å². The molecular weight excluding hydrogens is 158 g/mol. The number of aliphatic hydroxyl groups is 1. The molecule has 1 heterocycles. The first-order valence-corrected chi connectivity index (χ1v) is 4.26. The summed E-state index contributed by atoms with van der Waals surface area (Å²) in [6, 6.07) is 0. The summed E-state index contributed by atoms with van der Waals surface area (Å²) in [5, 5.41) is 9.03. The van der Waals surface area contributed by atoms with Gasteiger partial charge < -0.3 is 14.7 Å². The lowest BCUT2D eigenvalue weighted by atomic mass is 10.3. The lowest BCUT2D eigenvalue weighted by Crippen LogP contribution is -2.39. The van der Waals surface area contributed by atoms with Crippen LogP contribution in [0.4, 0.5) is 0 Å². The zero-order valence-corrected chi connectivity index (χ0v) is 7.32. The van der Waals surface area contributed by atoms with Crippen molar-refractivity contribution in [3.8, 4) is 0 Å². The second kappa shape index (κ2) is 4.42. The summed E-state index contributed by atoms with van der Waals surface area (Å²) in [6.07, 6.45) is -0.0264. The molecule has 1 saturated heterocycles. The molecule has 0 aliphatic carbocycles. The molecule has 0 aromatic carbocycles. The van der Waals surface area contributed by atoms with Crippen molar-refractivity contribution < 1.29 is 14.6 Å². The average Bonchev–Trinajstić information content (AvgIpc) is 2.30. The van der Waals surface area contributed by atoms with Crippen molar-refractivity contribution in [3.63, 3.8) is 0 Å². The number of ether oxygens (including phenoxy) is 1. The van der Waals surface area contributed by atoms with Gasteiger partial charge in [0.05, 0.1) is 6.61 Å². The van der Waals surface area contributed by atoms with Crippen molar-refractivity contribution in [2.24, 2.45) is 0 Å². The minimum atomic E-state index is -0.886. The molecule has 0 aromatic rings. The first kappa shape index (κ1) is 9.48. The van der Waals surface area contributed by atoms with Gasteiger partial charge in [0.15, 0.2) is 0 Å². The van der Waals surface area contributed by atoms with E-state index in [0.29, 0.717) is 26.3 Å². The van der Waals surface area contributed by atoms with Crippen molar-refractivity contribution in [1.29, 1.82) is 0 Å². The molecule has 0 radical (unpaired) electrons. The average molecular weight is 173 g/mol. The van der Waals surface area contributed by atoms with Gasteiger partial charge >= 0.3 is 0 Å². The van der Waals surface area contributed by atoms with Crippen LogP contribution in [0.1, 0.15) is 13.3 Å². The van der Waals surface area contributed by atoms with Crippen LogP contribution in [0.5, 0.6) is 0 Å². The molecule has 0 saturated carbocycles. The molecule has 1 N–H and O–H groups in total. The largest absolute Gasteiger partial charge is 0.384 e. The number of amides is 1. The number of rotatable bonds is 1. The highest BCUT2D eigenvalue weighted by molar-refractivity contribution is 5.80. The van der Waals surface area contributed by atoms with Gasteiger partial charge in [-0.15, -0.1) is 0 Å². The van der Waals surface area contributed by atoms with Gasteiger partial charge in [-0.25, -0.2) is 0 Å². The molecule has 0 bridgehead atoms. The summed E-state index contributed by atoms with van der Waals surface area (Å²) in [5.41, 5.74) is 0. The predicted octanol–water partition coefficient (Wildman–Crippen LogP) is -0.384. The van der Waals surface area contributed by atoms with Crippen LogP contribution in [0, 0.1) is 0 Å². The standard InChI is InChI=1S/C8H15NO3/c1-7(10)8(11)9-3-2-5-12-6-4-9/h7,10H,2-6H2,1H3/t7-/m0/s1. The molecule has 1 fully saturated rings. The molecule has 0 aromatic heterocycles. The number of nitrogens with zero attached hydrogens (tertiary/aromatic N) is 1. The SMILES string of the molecule is C[C@H](O)C(=O)N1CCCOCC1. The molecule has 1 atom stereocenters. The summed E-state index contributed by atoms with van der Waals surface area (Å²) in [7, 11) is 0. The highest BCUT2D eigenvalue weighted by Gasteiger charge is 2.19. The molecule has 0 spiro atoms. The zero-order valence-electron chi connectivity index (χ0n) is 7.32. The van der Waals surface area contributed by atoms with Gasteiger partial charge in [0, 0.05) is 19.7 Å². The van der Waals surface area contributed by atoms with Gasteiger partial charge in [-0.3, -0.25) is 4.79 Å². The molecule has 4 heteroatoms. The van der Waals surface area contributed by atoms with E-state index in [-0.39, 0.29) is 5.91 Å². The van der Waals surface area contributed by atoms with Crippen molar-refractivity contribution in [2.75, 3.05) is 26.3 Å². The van der Waals surface area contributed by atoms with Gasteiger partial charge in [0.2, 0.25) is 0 Å². The summed E-state index contributed by atoms with van der Waals surface area (Å²) in [6.45, 7) is 4.09. The Morgan fingerprint density at radius 1 is 1.50 bits per heavy atom. The van der Waals surface area contributed by atoms with Gasteiger partial charge in [-0.05, 0) is 13.3 Å². The van der Waals surface area contributed by atoms with Crippen LogP contribution >= 0.6 is 0 Å². The first-order valence-electron chi connectivity index (χ1n) is 4.26. The molecular formula is C8H15NO3. The molecule has 12 heavy (non-hydrogen) atoms. The summed E-state index contributed by atoms with van der Waals surface area (Å²) in [5.74, 6) is -0.194. The number of carbonyl (C=O) groups excluding carboxylic acids is 1. The quantitative estimate of drug-likeness (QED) is 0.588. The normalized spacial score (nSPS) is 21.7. The van der Waals surface area contributed by atoms with E-state index in [4.69, 9.17) is 9.84 Å². The Bertz CT molecular complexity index is 150. The van der Waals surface area contributed by atoms with Crippen LogP contribution in [0.25, 0.3) is 0 Å². The minimum Gasteiger partial charge on any atom is -0.384 e. The molecule has 1 aliphatic heterocycles. The highest BCUT2D eigenvalue weighted by Crippen LogP contribution is 2.01. The van der Waals surface area contributed by atoms with Gasteiger partial charge in [-0.1, -0.05) is 0 Å². The molecule has 0 unspecified atom stereocenters. The highest BCUT2D eigenvalue weighted by atomic mass is 16.5. The Morgan fingerprint density at radius 3 is 2.92 bits per heavy atom. The molecule has 1 aliphatic rings. The van der Waals surface area contributed by atoms with Crippen molar-refractivity contribution in [1.82, 2.24) is 4.90 Å². The minimum absolute atomic E-state index is 0.194. The fourth-order valence-corrected chi connectivity index (χ4v) is 1.23. The van der Waals surface area contributed by atoms with Crippen molar-refractivity contribution >= 4 is 5.91 Å². The van der Waals surface area contributed by atoms with Crippen LogP contribution in [0.3, 0.4) is 0 Å². The third kappa shape index (κ3) is 2.46. The lowest BCUT2D eigenvalue weighted by Gasteiger charge is -2.20. The monoisotopic (exact) mass is 173 g/mol. The zero-order chi connectivity index (χ0) is 8.97. The van der Waals surface area contributed by atoms with E-state index in [2.05, 4.69) is 0 Å². The Balaban J connectivity index is 2.43. The maximum Gasteiger partial charge on any atom is 0.251 e. The molecule has 1 amide bonds. The van der Waals surface area contributed by atoms with E-state index in [1.54, 1.807) is 4.90 Å². The Hall–Kier alpha value is -0.610. The second-order valence-electron chi connectivity index (χ2n) is 2.97. The van der Waals surface area contributed by atoms with E-state index in [9.17, 15) is 4.79 Å². The maximum atomic E-state index is 11.3.